The van der Waals surface area contributed by atoms with Crippen LogP contribution in [-0.2, 0) is 10.0 Å². The Labute approximate surface area is 142 Å². The van der Waals surface area contributed by atoms with Crippen molar-refractivity contribution in [3.63, 3.8) is 0 Å². The molecule has 1 aromatic heterocycles. The Balaban J connectivity index is 1.62. The highest BCUT2D eigenvalue weighted by atomic mass is 32.2. The first-order valence-corrected chi connectivity index (χ1v) is 10.0. The quantitative estimate of drug-likeness (QED) is 0.897. The summed E-state index contributed by atoms with van der Waals surface area (Å²) >= 11 is 0. The van der Waals surface area contributed by atoms with Crippen molar-refractivity contribution in [1.29, 1.82) is 0 Å². The summed E-state index contributed by atoms with van der Waals surface area (Å²) in [7, 11) is -3.14. The van der Waals surface area contributed by atoms with Gasteiger partial charge in [-0.3, -0.25) is 4.90 Å². The summed E-state index contributed by atoms with van der Waals surface area (Å²) in [5, 5.41) is 0. The average Bonchev–Trinajstić information content (AvgIpc) is 3.04. The Bertz CT molecular complexity index is 765. The Morgan fingerprint density at radius 1 is 1.25 bits per heavy atom. The molecule has 1 atom stereocenters. The first-order chi connectivity index (χ1) is 11.4. The normalized spacial score (nSPS) is 18.6. The zero-order valence-electron chi connectivity index (χ0n) is 14.0. The number of hydrogen-bond acceptors (Lipinski definition) is 5. The summed E-state index contributed by atoms with van der Waals surface area (Å²) in [6.45, 7) is 3.71. The number of oxazole rings is 1. The SMILES string of the molecule is CC(c1ncc(-c2ccccc2)o1)N1CCC(NS(C)(=O)=O)CC1. The molecule has 0 bridgehead atoms. The Morgan fingerprint density at radius 2 is 1.92 bits per heavy atom. The number of likely N-dealkylation sites (tertiary alicyclic amines) is 1. The monoisotopic (exact) mass is 349 g/mol. The molecule has 1 saturated heterocycles. The molecule has 130 valence electrons. The first kappa shape index (κ1) is 17.1. The van der Waals surface area contributed by atoms with Gasteiger partial charge in [0.25, 0.3) is 0 Å². The number of benzene rings is 1. The fourth-order valence-corrected chi connectivity index (χ4v) is 3.92. The second-order valence-corrected chi connectivity index (χ2v) is 8.09. The van der Waals surface area contributed by atoms with Crippen LogP contribution < -0.4 is 4.72 Å². The van der Waals surface area contributed by atoms with Gasteiger partial charge in [0.2, 0.25) is 15.9 Å². The topological polar surface area (TPSA) is 75.4 Å². The van der Waals surface area contributed by atoms with Gasteiger partial charge < -0.3 is 4.42 Å². The molecule has 3 rings (SSSR count). The predicted molar refractivity (Wildman–Crippen MR) is 92.9 cm³/mol. The third-order valence-corrected chi connectivity index (χ3v) is 5.16. The summed E-state index contributed by atoms with van der Waals surface area (Å²) in [5.74, 6) is 1.47. The van der Waals surface area contributed by atoms with Crippen LogP contribution in [0.4, 0.5) is 0 Å². The molecule has 1 unspecified atom stereocenters. The van der Waals surface area contributed by atoms with Crippen LogP contribution in [0.25, 0.3) is 11.3 Å². The van der Waals surface area contributed by atoms with E-state index in [1.807, 2.05) is 30.3 Å². The number of piperidine rings is 1. The molecule has 6 nitrogen and oxygen atoms in total. The van der Waals surface area contributed by atoms with Gasteiger partial charge in [-0.15, -0.1) is 0 Å². The van der Waals surface area contributed by atoms with Crippen molar-refractivity contribution < 1.29 is 12.8 Å². The van der Waals surface area contributed by atoms with Crippen molar-refractivity contribution >= 4 is 10.0 Å². The average molecular weight is 349 g/mol. The lowest BCUT2D eigenvalue weighted by molar-refractivity contribution is 0.141. The zero-order chi connectivity index (χ0) is 17.2. The highest BCUT2D eigenvalue weighted by Crippen LogP contribution is 2.27. The number of rotatable bonds is 5. The minimum Gasteiger partial charge on any atom is -0.439 e. The van der Waals surface area contributed by atoms with E-state index in [0.29, 0.717) is 5.89 Å². The molecule has 0 saturated carbocycles. The molecule has 7 heteroatoms. The highest BCUT2D eigenvalue weighted by molar-refractivity contribution is 7.88. The number of nitrogens with one attached hydrogen (secondary N) is 1. The van der Waals surface area contributed by atoms with E-state index in [0.717, 1.165) is 37.3 Å². The molecule has 24 heavy (non-hydrogen) atoms. The molecule has 0 amide bonds. The maximum Gasteiger partial charge on any atom is 0.211 e. The van der Waals surface area contributed by atoms with E-state index in [-0.39, 0.29) is 12.1 Å². The lowest BCUT2D eigenvalue weighted by Gasteiger charge is -2.34. The molecule has 1 aliphatic rings. The number of aromatic nitrogens is 1. The van der Waals surface area contributed by atoms with E-state index in [1.165, 1.54) is 6.26 Å². The van der Waals surface area contributed by atoms with Crippen LogP contribution in [0.3, 0.4) is 0 Å². The van der Waals surface area contributed by atoms with Crippen molar-refractivity contribution in [2.45, 2.75) is 31.8 Å². The van der Waals surface area contributed by atoms with Crippen molar-refractivity contribution in [2.24, 2.45) is 0 Å². The van der Waals surface area contributed by atoms with Gasteiger partial charge in [0.05, 0.1) is 18.5 Å². The molecule has 0 aliphatic carbocycles. The van der Waals surface area contributed by atoms with Crippen molar-refractivity contribution in [2.75, 3.05) is 19.3 Å². The number of sulfonamides is 1. The van der Waals surface area contributed by atoms with Crippen LogP contribution in [0.1, 0.15) is 31.7 Å². The Kier molecular flexibility index (Phi) is 5.03. The van der Waals surface area contributed by atoms with Gasteiger partial charge >= 0.3 is 0 Å². The zero-order valence-corrected chi connectivity index (χ0v) is 14.8. The summed E-state index contributed by atoms with van der Waals surface area (Å²) < 4.78 is 31.3. The van der Waals surface area contributed by atoms with E-state index < -0.39 is 10.0 Å². The van der Waals surface area contributed by atoms with Crippen LogP contribution in [-0.4, -0.2) is 43.7 Å². The fourth-order valence-electron chi connectivity index (χ4n) is 3.08. The van der Waals surface area contributed by atoms with Crippen LogP contribution in [0.5, 0.6) is 0 Å². The summed E-state index contributed by atoms with van der Waals surface area (Å²) in [4.78, 5) is 6.71. The number of nitrogens with zero attached hydrogens (tertiary/aromatic N) is 2. The van der Waals surface area contributed by atoms with Crippen LogP contribution >= 0.6 is 0 Å². The molecule has 0 spiro atoms. The minimum absolute atomic E-state index is 0.0212. The molecule has 2 heterocycles. The smallest absolute Gasteiger partial charge is 0.211 e. The van der Waals surface area contributed by atoms with Crippen LogP contribution in [0.2, 0.25) is 0 Å². The highest BCUT2D eigenvalue weighted by Gasteiger charge is 2.27. The lowest BCUT2D eigenvalue weighted by Crippen LogP contribution is -2.44. The number of hydrogen-bond donors (Lipinski definition) is 1. The second kappa shape index (κ2) is 7.04. The minimum atomic E-state index is -3.14. The van der Waals surface area contributed by atoms with E-state index in [2.05, 4.69) is 21.5 Å². The van der Waals surface area contributed by atoms with Crippen molar-refractivity contribution in [1.82, 2.24) is 14.6 Å². The van der Waals surface area contributed by atoms with E-state index in [4.69, 9.17) is 4.42 Å². The molecular formula is C17H23N3O3S. The summed E-state index contributed by atoms with van der Waals surface area (Å²) in [6, 6.07) is 10.0. The summed E-state index contributed by atoms with van der Waals surface area (Å²) in [6.07, 6.45) is 4.56. The third-order valence-electron chi connectivity index (χ3n) is 4.40. The predicted octanol–water partition coefficient (Wildman–Crippen LogP) is 2.42. The van der Waals surface area contributed by atoms with Gasteiger partial charge in [-0.05, 0) is 19.8 Å². The Hall–Kier alpha value is -1.70. The molecule has 1 aromatic carbocycles. The third kappa shape index (κ3) is 4.23. The molecule has 0 radical (unpaired) electrons. The largest absolute Gasteiger partial charge is 0.439 e. The van der Waals surface area contributed by atoms with Gasteiger partial charge in [0, 0.05) is 24.7 Å². The van der Waals surface area contributed by atoms with Gasteiger partial charge in [0.15, 0.2) is 5.76 Å². The Morgan fingerprint density at radius 3 is 2.54 bits per heavy atom. The van der Waals surface area contributed by atoms with Crippen LogP contribution in [0.15, 0.2) is 40.9 Å². The van der Waals surface area contributed by atoms with Crippen LogP contribution in [0, 0.1) is 0 Å². The van der Waals surface area contributed by atoms with Gasteiger partial charge in [-0.2, -0.15) is 0 Å². The first-order valence-electron chi connectivity index (χ1n) is 8.15. The maximum atomic E-state index is 11.3. The van der Waals surface area contributed by atoms with E-state index in [1.54, 1.807) is 6.20 Å². The lowest BCUT2D eigenvalue weighted by atomic mass is 10.0. The van der Waals surface area contributed by atoms with E-state index in [9.17, 15) is 8.42 Å². The molecule has 1 N–H and O–H groups in total. The maximum absolute atomic E-state index is 11.3. The van der Waals surface area contributed by atoms with Crippen molar-refractivity contribution in [3.05, 3.63) is 42.4 Å². The standard InChI is InChI=1S/C17H23N3O3S/c1-13(20-10-8-15(9-11-20)19-24(2,21)22)17-18-12-16(23-17)14-6-4-3-5-7-14/h3-7,12-13,15,19H,8-11H2,1-2H3. The molecule has 2 aromatic rings. The van der Waals surface area contributed by atoms with Gasteiger partial charge in [-0.1, -0.05) is 30.3 Å². The van der Waals surface area contributed by atoms with Gasteiger partial charge in [-0.25, -0.2) is 18.1 Å². The molecular weight excluding hydrogens is 326 g/mol. The van der Waals surface area contributed by atoms with E-state index >= 15 is 0 Å². The molecule has 1 fully saturated rings. The second-order valence-electron chi connectivity index (χ2n) is 6.31. The van der Waals surface area contributed by atoms with Crippen molar-refractivity contribution in [3.8, 4) is 11.3 Å². The fraction of sp³-hybridized carbons (Fsp3) is 0.471. The summed E-state index contributed by atoms with van der Waals surface area (Å²) in [5.41, 5.74) is 1.01. The molecule has 1 aliphatic heterocycles. The van der Waals surface area contributed by atoms with Gasteiger partial charge in [0.1, 0.15) is 0 Å².